The summed E-state index contributed by atoms with van der Waals surface area (Å²) in [6.07, 6.45) is 2.21. The monoisotopic (exact) mass is 336 g/mol. The summed E-state index contributed by atoms with van der Waals surface area (Å²) in [4.78, 5) is 16.1. The number of hydrogen-bond acceptors (Lipinski definition) is 5. The molecule has 1 aromatic carbocycles. The van der Waals surface area contributed by atoms with Crippen LogP contribution in [0.4, 0.5) is 14.3 Å². The number of aromatic nitrogens is 2. The second kappa shape index (κ2) is 7.01. The lowest BCUT2D eigenvalue weighted by Crippen LogP contribution is -2.32. The molecule has 0 bridgehead atoms. The summed E-state index contributed by atoms with van der Waals surface area (Å²) in [7, 11) is 0. The molecule has 23 heavy (non-hydrogen) atoms. The summed E-state index contributed by atoms with van der Waals surface area (Å²) in [5.74, 6) is 0.447. The van der Waals surface area contributed by atoms with Crippen molar-refractivity contribution in [2.75, 3.05) is 11.9 Å². The Labute approximate surface area is 136 Å². The molecule has 0 saturated heterocycles. The van der Waals surface area contributed by atoms with E-state index < -0.39 is 0 Å². The van der Waals surface area contributed by atoms with Crippen molar-refractivity contribution >= 4 is 22.7 Å². The first-order valence-electron chi connectivity index (χ1n) is 7.42. The van der Waals surface area contributed by atoms with E-state index in [0.717, 1.165) is 30.8 Å². The highest BCUT2D eigenvalue weighted by atomic mass is 32.1. The first-order chi connectivity index (χ1) is 11.1. The minimum absolute atomic E-state index is 0.244. The number of aliphatic hydroxyl groups is 1. The van der Waals surface area contributed by atoms with E-state index in [1.54, 1.807) is 12.1 Å². The van der Waals surface area contributed by atoms with Crippen molar-refractivity contribution in [2.24, 2.45) is 5.92 Å². The number of rotatable bonds is 4. The summed E-state index contributed by atoms with van der Waals surface area (Å²) >= 11 is 1.07. The number of carbonyl (C=O) groups is 1. The third kappa shape index (κ3) is 4.23. The molecule has 0 unspecified atom stereocenters. The van der Waals surface area contributed by atoms with Gasteiger partial charge < -0.3 is 10.4 Å². The molecule has 3 N–H and O–H groups in total. The minimum Gasteiger partial charge on any atom is -0.393 e. The minimum atomic E-state index is -0.340. The molecule has 1 heterocycles. The van der Waals surface area contributed by atoms with E-state index in [0.29, 0.717) is 29.0 Å². The lowest BCUT2D eigenvalue weighted by molar-refractivity contribution is 0.177. The Morgan fingerprint density at radius 2 is 2.13 bits per heavy atom. The summed E-state index contributed by atoms with van der Waals surface area (Å²) in [6.45, 7) is 0.534. The van der Waals surface area contributed by atoms with Gasteiger partial charge >= 0.3 is 6.03 Å². The fraction of sp³-hybridized carbons (Fsp3) is 0.400. The topological polar surface area (TPSA) is 87.1 Å². The highest BCUT2D eigenvalue weighted by molar-refractivity contribution is 7.10. The van der Waals surface area contributed by atoms with E-state index in [9.17, 15) is 14.3 Å². The molecule has 1 aliphatic carbocycles. The maximum atomic E-state index is 12.9. The van der Waals surface area contributed by atoms with Gasteiger partial charge in [-0.3, -0.25) is 5.32 Å². The number of halogens is 1. The van der Waals surface area contributed by atoms with Crippen LogP contribution in [0, 0.1) is 11.7 Å². The zero-order chi connectivity index (χ0) is 16.2. The molecule has 1 saturated carbocycles. The van der Waals surface area contributed by atoms with Crippen LogP contribution in [-0.2, 0) is 0 Å². The maximum absolute atomic E-state index is 12.9. The smallest absolute Gasteiger partial charge is 0.321 e. The average Bonchev–Trinajstić information content (AvgIpc) is 3.15. The highest BCUT2D eigenvalue weighted by Crippen LogP contribution is 2.24. The van der Waals surface area contributed by atoms with Crippen molar-refractivity contribution in [3.05, 3.63) is 30.1 Å². The van der Waals surface area contributed by atoms with Crippen LogP contribution in [-0.4, -0.2) is 33.1 Å². The predicted octanol–water partition coefficient (Wildman–Crippen LogP) is 2.63. The second-order valence-corrected chi connectivity index (χ2v) is 6.35. The summed E-state index contributed by atoms with van der Waals surface area (Å²) < 4.78 is 17.0. The van der Waals surface area contributed by atoms with Crippen LogP contribution < -0.4 is 10.6 Å². The summed E-state index contributed by atoms with van der Waals surface area (Å²) in [5, 5.41) is 15.3. The van der Waals surface area contributed by atoms with Crippen molar-refractivity contribution in [3.8, 4) is 11.4 Å². The van der Waals surface area contributed by atoms with Crippen LogP contribution in [0.15, 0.2) is 24.3 Å². The van der Waals surface area contributed by atoms with E-state index >= 15 is 0 Å². The second-order valence-electron chi connectivity index (χ2n) is 5.60. The fourth-order valence-electron chi connectivity index (χ4n) is 2.60. The predicted molar refractivity (Wildman–Crippen MR) is 85.7 cm³/mol. The normalized spacial score (nSPS) is 20.4. The van der Waals surface area contributed by atoms with Gasteiger partial charge in [0.1, 0.15) is 5.82 Å². The Hall–Kier alpha value is -2.06. The van der Waals surface area contributed by atoms with Gasteiger partial charge in [0.05, 0.1) is 6.10 Å². The van der Waals surface area contributed by atoms with Crippen molar-refractivity contribution in [2.45, 2.75) is 25.4 Å². The number of anilines is 1. The van der Waals surface area contributed by atoms with Crippen LogP contribution in [0.25, 0.3) is 11.4 Å². The van der Waals surface area contributed by atoms with Gasteiger partial charge in [0.25, 0.3) is 0 Å². The quantitative estimate of drug-likeness (QED) is 0.801. The third-order valence-corrected chi connectivity index (χ3v) is 4.44. The van der Waals surface area contributed by atoms with Gasteiger partial charge in [-0.15, -0.1) is 0 Å². The molecule has 0 spiro atoms. The van der Waals surface area contributed by atoms with Gasteiger partial charge in [-0.1, -0.05) is 0 Å². The van der Waals surface area contributed by atoms with E-state index in [4.69, 9.17) is 0 Å². The van der Waals surface area contributed by atoms with E-state index in [1.165, 1.54) is 12.1 Å². The highest BCUT2D eigenvalue weighted by Gasteiger charge is 2.23. The van der Waals surface area contributed by atoms with E-state index in [1.807, 2.05) is 0 Å². The van der Waals surface area contributed by atoms with Crippen molar-refractivity contribution < 1.29 is 14.3 Å². The number of nitrogens with zero attached hydrogens (tertiary/aromatic N) is 2. The number of aliphatic hydroxyl groups excluding tert-OH is 1. The Balaban J connectivity index is 1.52. The molecule has 0 radical (unpaired) electrons. The van der Waals surface area contributed by atoms with Gasteiger partial charge in [-0.05, 0) is 49.4 Å². The first-order valence-corrected chi connectivity index (χ1v) is 8.20. The summed E-state index contributed by atoms with van der Waals surface area (Å²) in [5.41, 5.74) is 0.691. The zero-order valence-corrected chi connectivity index (χ0v) is 13.1. The van der Waals surface area contributed by atoms with E-state index in [-0.39, 0.29) is 18.0 Å². The Morgan fingerprint density at radius 1 is 1.35 bits per heavy atom. The maximum Gasteiger partial charge on any atom is 0.321 e. The molecule has 3 rings (SSSR count). The molecule has 1 fully saturated rings. The SMILES string of the molecule is O=C(NC[C@H]1CC[C@@H](O)C1)Nc1nc(-c2ccc(F)cc2)ns1. The Kier molecular flexibility index (Phi) is 4.82. The van der Waals surface area contributed by atoms with Gasteiger partial charge in [-0.25, -0.2) is 9.18 Å². The third-order valence-electron chi connectivity index (χ3n) is 3.81. The molecule has 8 heteroatoms. The van der Waals surface area contributed by atoms with Crippen LogP contribution in [0.1, 0.15) is 19.3 Å². The van der Waals surface area contributed by atoms with Crippen molar-refractivity contribution in [1.29, 1.82) is 0 Å². The van der Waals surface area contributed by atoms with Crippen molar-refractivity contribution in [3.63, 3.8) is 0 Å². The standard InChI is InChI=1S/C15H17FN4O2S/c16-11-4-2-10(3-5-11)13-18-15(23-20-13)19-14(22)17-8-9-1-6-12(21)7-9/h2-5,9,12,21H,1,6-8H2,(H2,17,18,19,20,22)/t9-,12+/m0/s1. The molecule has 2 amide bonds. The Morgan fingerprint density at radius 3 is 2.83 bits per heavy atom. The van der Waals surface area contributed by atoms with Crippen LogP contribution in [0.3, 0.4) is 0 Å². The Bertz CT molecular complexity index is 676. The molecular weight excluding hydrogens is 319 g/mol. The van der Waals surface area contributed by atoms with E-state index in [2.05, 4.69) is 20.0 Å². The summed E-state index contributed by atoms with van der Waals surface area (Å²) in [6, 6.07) is 5.52. The number of hydrogen-bond donors (Lipinski definition) is 3. The molecule has 2 atom stereocenters. The number of nitrogens with one attached hydrogen (secondary N) is 2. The first kappa shape index (κ1) is 15.8. The lowest BCUT2D eigenvalue weighted by Gasteiger charge is -2.10. The fourth-order valence-corrected chi connectivity index (χ4v) is 3.19. The van der Waals surface area contributed by atoms with Gasteiger partial charge in [0.2, 0.25) is 5.13 Å². The largest absolute Gasteiger partial charge is 0.393 e. The molecule has 1 aromatic heterocycles. The molecular formula is C15H17FN4O2S. The number of carbonyl (C=O) groups excluding carboxylic acids is 1. The van der Waals surface area contributed by atoms with Crippen molar-refractivity contribution in [1.82, 2.24) is 14.7 Å². The number of urea groups is 1. The van der Waals surface area contributed by atoms with Crippen LogP contribution in [0.5, 0.6) is 0 Å². The lowest BCUT2D eigenvalue weighted by atomic mass is 10.1. The number of benzene rings is 1. The number of amides is 2. The zero-order valence-electron chi connectivity index (χ0n) is 12.3. The van der Waals surface area contributed by atoms with Gasteiger partial charge in [-0.2, -0.15) is 9.36 Å². The average molecular weight is 336 g/mol. The molecule has 0 aliphatic heterocycles. The molecule has 6 nitrogen and oxygen atoms in total. The molecule has 1 aliphatic rings. The van der Waals surface area contributed by atoms with Crippen LogP contribution in [0.2, 0.25) is 0 Å². The van der Waals surface area contributed by atoms with Gasteiger partial charge in [0, 0.05) is 23.6 Å². The molecule has 122 valence electrons. The molecule has 2 aromatic rings. The van der Waals surface area contributed by atoms with Crippen LogP contribution >= 0.6 is 11.5 Å². The van der Waals surface area contributed by atoms with Gasteiger partial charge in [0.15, 0.2) is 5.82 Å².